The van der Waals surface area contributed by atoms with Gasteiger partial charge in [0.15, 0.2) is 5.78 Å². The van der Waals surface area contributed by atoms with Crippen LogP contribution < -0.4 is 0 Å². The number of hydrogen-bond donors (Lipinski definition) is 0. The molecule has 0 aliphatic rings. The third-order valence-electron chi connectivity index (χ3n) is 3.58. The average molecular weight is 355 g/mol. The molecule has 3 rings (SSSR count). The lowest BCUT2D eigenvalue weighted by molar-refractivity contribution is -0.384. The molecule has 3 aromatic rings. The predicted molar refractivity (Wildman–Crippen MR) is 92.9 cm³/mol. The molecule has 0 aliphatic heterocycles. The summed E-state index contributed by atoms with van der Waals surface area (Å²) >= 11 is 5.11. The molecule has 7 nitrogen and oxygen atoms in total. The molecule has 0 N–H and O–H groups in total. The number of non-ortho nitro benzene ring substituents is 1. The molecule has 0 bridgehead atoms. The Kier molecular flexibility index (Phi) is 4.53. The molecule has 0 saturated heterocycles. The lowest BCUT2D eigenvalue weighted by atomic mass is 10.1. The smallest absolute Gasteiger partial charge is 0.287 e. The van der Waals surface area contributed by atoms with Crippen LogP contribution in [0.3, 0.4) is 0 Å². The van der Waals surface area contributed by atoms with Crippen molar-refractivity contribution in [2.45, 2.75) is 13.5 Å². The molecule has 0 unspecified atom stereocenters. The van der Waals surface area contributed by atoms with Crippen molar-refractivity contribution in [3.8, 4) is 11.5 Å². The second-order valence-electron chi connectivity index (χ2n) is 5.43. The Hall–Kier alpha value is -3.13. The van der Waals surface area contributed by atoms with E-state index in [1.165, 1.54) is 28.9 Å². The highest BCUT2D eigenvalue weighted by molar-refractivity contribution is 7.71. The van der Waals surface area contributed by atoms with Crippen LogP contribution in [0.5, 0.6) is 0 Å². The number of carbonyl (C=O) groups is 1. The monoisotopic (exact) mass is 355 g/mol. The van der Waals surface area contributed by atoms with Gasteiger partial charge >= 0.3 is 0 Å². The molecule has 25 heavy (non-hydrogen) atoms. The summed E-state index contributed by atoms with van der Waals surface area (Å²) in [7, 11) is 0. The molecule has 126 valence electrons. The zero-order valence-electron chi connectivity index (χ0n) is 13.2. The van der Waals surface area contributed by atoms with Crippen molar-refractivity contribution < 1.29 is 14.1 Å². The molecule has 1 heterocycles. The number of ketones is 1. The van der Waals surface area contributed by atoms with Gasteiger partial charge in [-0.3, -0.25) is 14.9 Å². The van der Waals surface area contributed by atoms with Crippen molar-refractivity contribution in [1.29, 1.82) is 0 Å². The van der Waals surface area contributed by atoms with E-state index in [-0.39, 0.29) is 28.4 Å². The maximum atomic E-state index is 12.4. The first-order valence-electron chi connectivity index (χ1n) is 7.36. The highest BCUT2D eigenvalue weighted by Crippen LogP contribution is 2.19. The Bertz CT molecular complexity index is 1010. The fraction of sp³-hybridized carbons (Fsp3) is 0.118. The summed E-state index contributed by atoms with van der Waals surface area (Å²) in [6.45, 7) is 1.81. The van der Waals surface area contributed by atoms with E-state index in [0.29, 0.717) is 5.89 Å². The van der Waals surface area contributed by atoms with Crippen molar-refractivity contribution >= 4 is 23.7 Å². The summed E-state index contributed by atoms with van der Waals surface area (Å²) in [5, 5.41) is 15.0. The van der Waals surface area contributed by atoms with E-state index in [1.54, 1.807) is 0 Å². The number of benzene rings is 2. The third kappa shape index (κ3) is 3.69. The number of nitro groups is 1. The number of carbonyl (C=O) groups excluding carboxylic acids is 1. The van der Waals surface area contributed by atoms with Crippen LogP contribution in [0.2, 0.25) is 0 Å². The van der Waals surface area contributed by atoms with Gasteiger partial charge in [-0.05, 0) is 31.3 Å². The number of rotatable bonds is 5. The Morgan fingerprint density at radius 1 is 1.28 bits per heavy atom. The van der Waals surface area contributed by atoms with E-state index in [0.717, 1.165) is 11.1 Å². The van der Waals surface area contributed by atoms with E-state index in [4.69, 9.17) is 16.6 Å². The summed E-state index contributed by atoms with van der Waals surface area (Å²) < 4.78 is 6.72. The van der Waals surface area contributed by atoms with Gasteiger partial charge in [0.25, 0.3) is 10.5 Å². The van der Waals surface area contributed by atoms with Gasteiger partial charge in [-0.25, -0.2) is 4.68 Å². The lowest BCUT2D eigenvalue weighted by Crippen LogP contribution is -2.12. The number of Topliss-reactive ketones (excluding diaryl/α,β-unsaturated/α-hetero) is 1. The highest BCUT2D eigenvalue weighted by Gasteiger charge is 2.15. The molecule has 2 aromatic carbocycles. The van der Waals surface area contributed by atoms with Gasteiger partial charge in [0.05, 0.1) is 4.92 Å². The second-order valence-corrected chi connectivity index (χ2v) is 5.78. The largest absolute Gasteiger partial charge is 0.409 e. The molecule has 0 atom stereocenters. The summed E-state index contributed by atoms with van der Waals surface area (Å²) in [5.74, 6) is -0.0274. The number of hydrogen-bond acceptors (Lipinski definition) is 6. The van der Waals surface area contributed by atoms with Crippen LogP contribution in [0.25, 0.3) is 11.5 Å². The fourth-order valence-corrected chi connectivity index (χ4v) is 2.42. The van der Waals surface area contributed by atoms with Crippen LogP contribution in [0, 0.1) is 21.9 Å². The van der Waals surface area contributed by atoms with E-state index in [2.05, 4.69) is 5.10 Å². The molecule has 1 aromatic heterocycles. The number of nitro benzene ring substituents is 1. The quantitative estimate of drug-likeness (QED) is 0.298. The fourth-order valence-electron chi connectivity index (χ4n) is 2.24. The summed E-state index contributed by atoms with van der Waals surface area (Å²) in [4.78, 5) is 22.7. The van der Waals surface area contributed by atoms with Gasteiger partial charge in [0.2, 0.25) is 5.89 Å². The van der Waals surface area contributed by atoms with Crippen LogP contribution in [0.4, 0.5) is 5.69 Å². The molecule has 0 fully saturated rings. The molecule has 8 heteroatoms. The molecule has 0 saturated carbocycles. The van der Waals surface area contributed by atoms with E-state index < -0.39 is 4.92 Å². The van der Waals surface area contributed by atoms with Gasteiger partial charge in [0, 0.05) is 23.3 Å². The average Bonchev–Trinajstić information content (AvgIpc) is 2.96. The zero-order chi connectivity index (χ0) is 18.0. The highest BCUT2D eigenvalue weighted by atomic mass is 32.1. The van der Waals surface area contributed by atoms with Crippen LogP contribution in [-0.2, 0) is 6.54 Å². The van der Waals surface area contributed by atoms with E-state index in [9.17, 15) is 14.9 Å². The first-order valence-corrected chi connectivity index (χ1v) is 7.77. The van der Waals surface area contributed by atoms with Crippen LogP contribution in [0.15, 0.2) is 52.9 Å². The maximum Gasteiger partial charge on any atom is 0.287 e. The molecular formula is C17H13N3O4S. The Labute approximate surface area is 147 Å². The maximum absolute atomic E-state index is 12.4. The van der Waals surface area contributed by atoms with Gasteiger partial charge in [-0.2, -0.15) is 0 Å². The minimum atomic E-state index is -0.548. The number of aromatic nitrogens is 2. The van der Waals surface area contributed by atoms with Crippen molar-refractivity contribution in [2.75, 3.05) is 0 Å². The molecular weight excluding hydrogens is 342 g/mol. The van der Waals surface area contributed by atoms with Crippen LogP contribution in [-0.4, -0.2) is 20.5 Å². The van der Waals surface area contributed by atoms with Crippen molar-refractivity contribution in [1.82, 2.24) is 9.78 Å². The normalized spacial score (nSPS) is 10.6. The van der Waals surface area contributed by atoms with Crippen LogP contribution in [0.1, 0.15) is 15.9 Å². The van der Waals surface area contributed by atoms with Gasteiger partial charge in [-0.15, -0.1) is 5.10 Å². The minimum Gasteiger partial charge on any atom is -0.409 e. The predicted octanol–water partition coefficient (Wildman–Crippen LogP) is 3.97. The number of aryl methyl sites for hydroxylation is 1. The SMILES string of the molecule is Cc1ccc(-c2nn(CC(=O)c3cccc([N+](=O)[O-])c3)c(=S)o2)cc1. The molecule has 0 amide bonds. The minimum absolute atomic E-state index is 0.0642. The van der Waals surface area contributed by atoms with Gasteiger partial charge in [-0.1, -0.05) is 29.8 Å². The first-order chi connectivity index (χ1) is 11.9. The topological polar surface area (TPSA) is 91.2 Å². The van der Waals surface area contributed by atoms with Crippen LogP contribution >= 0.6 is 12.2 Å². The summed E-state index contributed by atoms with van der Waals surface area (Å²) in [5.41, 5.74) is 1.92. The molecule has 0 aliphatic carbocycles. The Balaban J connectivity index is 1.85. The van der Waals surface area contributed by atoms with Gasteiger partial charge < -0.3 is 4.42 Å². The second kappa shape index (κ2) is 6.78. The zero-order valence-corrected chi connectivity index (χ0v) is 14.0. The first kappa shape index (κ1) is 16.7. The van der Waals surface area contributed by atoms with Crippen molar-refractivity contribution in [3.05, 3.63) is 74.6 Å². The van der Waals surface area contributed by atoms with Gasteiger partial charge in [0.1, 0.15) is 6.54 Å². The Morgan fingerprint density at radius 2 is 2.00 bits per heavy atom. The third-order valence-corrected chi connectivity index (χ3v) is 3.87. The summed E-state index contributed by atoms with van der Waals surface area (Å²) in [6, 6.07) is 13.1. The summed E-state index contributed by atoms with van der Waals surface area (Å²) in [6.07, 6.45) is 0. The van der Waals surface area contributed by atoms with E-state index >= 15 is 0 Å². The molecule has 0 radical (unpaired) electrons. The van der Waals surface area contributed by atoms with Crippen molar-refractivity contribution in [3.63, 3.8) is 0 Å². The van der Waals surface area contributed by atoms with E-state index in [1.807, 2.05) is 31.2 Å². The number of nitrogens with zero attached hydrogens (tertiary/aromatic N) is 3. The standard InChI is InChI=1S/C17H13N3O4S/c1-11-5-7-12(8-6-11)16-18-19(17(25)24-16)10-15(21)13-3-2-4-14(9-13)20(22)23/h2-9H,10H2,1H3. The van der Waals surface area contributed by atoms with Crippen molar-refractivity contribution in [2.24, 2.45) is 0 Å². The lowest BCUT2D eigenvalue weighted by Gasteiger charge is -2.00. The molecule has 0 spiro atoms. The Morgan fingerprint density at radius 3 is 2.68 bits per heavy atom.